The van der Waals surface area contributed by atoms with Gasteiger partial charge in [0.2, 0.25) is 0 Å². The molecular weight excluding hydrogens is 278 g/mol. The Kier molecular flexibility index (Phi) is 3.34. The molecular formula is C14H11NO6. The van der Waals surface area contributed by atoms with Crippen LogP contribution in [0.25, 0.3) is 0 Å². The van der Waals surface area contributed by atoms with Crippen molar-refractivity contribution in [3.63, 3.8) is 0 Å². The van der Waals surface area contributed by atoms with E-state index in [0.29, 0.717) is 0 Å². The zero-order chi connectivity index (χ0) is 15.9. The molecule has 0 spiro atoms. The molecule has 2 amide bonds. The standard InChI is InChI=1S/C14H11NO6/c1-6-7(2)12(17)15(11(6)16)8-3-4-9(13(18)19)10(5-8)14(20)21/h3-5H,1-2H3,(H,18,19)(H,20,21). The van der Waals surface area contributed by atoms with Crippen molar-refractivity contribution >= 4 is 29.4 Å². The van der Waals surface area contributed by atoms with Gasteiger partial charge in [0.1, 0.15) is 0 Å². The van der Waals surface area contributed by atoms with Crippen LogP contribution in [0.4, 0.5) is 5.69 Å². The van der Waals surface area contributed by atoms with Crippen LogP contribution in [-0.2, 0) is 9.59 Å². The molecule has 0 saturated heterocycles. The smallest absolute Gasteiger partial charge is 0.336 e. The molecule has 0 atom stereocenters. The molecule has 108 valence electrons. The van der Waals surface area contributed by atoms with E-state index < -0.39 is 34.9 Å². The zero-order valence-electron chi connectivity index (χ0n) is 11.2. The van der Waals surface area contributed by atoms with Crippen LogP contribution >= 0.6 is 0 Å². The van der Waals surface area contributed by atoms with Crippen LogP contribution in [0.5, 0.6) is 0 Å². The van der Waals surface area contributed by atoms with Crippen LogP contribution in [0.15, 0.2) is 29.3 Å². The number of carbonyl (C=O) groups is 4. The van der Waals surface area contributed by atoms with E-state index in [9.17, 15) is 19.2 Å². The van der Waals surface area contributed by atoms with Gasteiger partial charge >= 0.3 is 11.9 Å². The average molecular weight is 289 g/mol. The van der Waals surface area contributed by atoms with Crippen LogP contribution in [0, 0.1) is 0 Å². The number of anilines is 1. The third kappa shape index (κ3) is 2.18. The normalized spacial score (nSPS) is 14.9. The fourth-order valence-electron chi connectivity index (χ4n) is 2.02. The van der Waals surface area contributed by atoms with E-state index in [1.165, 1.54) is 19.9 Å². The predicted molar refractivity (Wildman–Crippen MR) is 71.2 cm³/mol. The summed E-state index contributed by atoms with van der Waals surface area (Å²) in [4.78, 5) is 47.0. The number of rotatable bonds is 3. The Labute approximate surface area is 119 Å². The summed E-state index contributed by atoms with van der Waals surface area (Å²) < 4.78 is 0. The maximum absolute atomic E-state index is 12.0. The second-order valence-electron chi connectivity index (χ2n) is 4.54. The Morgan fingerprint density at radius 2 is 1.38 bits per heavy atom. The summed E-state index contributed by atoms with van der Waals surface area (Å²) >= 11 is 0. The number of amides is 2. The molecule has 0 aromatic heterocycles. The second kappa shape index (κ2) is 4.86. The van der Waals surface area contributed by atoms with E-state index in [2.05, 4.69) is 0 Å². The Morgan fingerprint density at radius 1 is 0.905 bits per heavy atom. The van der Waals surface area contributed by atoms with Crippen LogP contribution in [0.1, 0.15) is 34.6 Å². The van der Waals surface area contributed by atoms with Crippen molar-refractivity contribution in [2.75, 3.05) is 4.90 Å². The Bertz CT molecular complexity index is 707. The topological polar surface area (TPSA) is 112 Å². The van der Waals surface area contributed by atoms with Gasteiger partial charge in [0.25, 0.3) is 11.8 Å². The molecule has 1 aromatic carbocycles. The molecule has 0 radical (unpaired) electrons. The number of imide groups is 1. The molecule has 0 aliphatic carbocycles. The summed E-state index contributed by atoms with van der Waals surface area (Å²) in [7, 11) is 0. The van der Waals surface area contributed by atoms with E-state index >= 15 is 0 Å². The van der Waals surface area contributed by atoms with Crippen molar-refractivity contribution in [1.82, 2.24) is 0 Å². The summed E-state index contributed by atoms with van der Waals surface area (Å²) in [5.74, 6) is -3.94. The number of hydrogen-bond donors (Lipinski definition) is 2. The van der Waals surface area contributed by atoms with E-state index in [1.807, 2.05) is 0 Å². The minimum Gasteiger partial charge on any atom is -0.478 e. The first kappa shape index (κ1) is 14.4. The first-order valence-electron chi connectivity index (χ1n) is 5.92. The largest absolute Gasteiger partial charge is 0.478 e. The highest BCUT2D eigenvalue weighted by Crippen LogP contribution is 2.28. The molecule has 1 aliphatic rings. The summed E-state index contributed by atoms with van der Waals surface area (Å²) in [5, 5.41) is 18.0. The van der Waals surface area contributed by atoms with E-state index in [-0.39, 0.29) is 16.8 Å². The third-order valence-electron chi connectivity index (χ3n) is 3.33. The number of carboxylic acid groups (broad SMARTS) is 2. The predicted octanol–water partition coefficient (Wildman–Crippen LogP) is 1.29. The molecule has 1 heterocycles. The number of aromatic carboxylic acids is 2. The lowest BCUT2D eigenvalue weighted by Gasteiger charge is -2.16. The molecule has 0 saturated carbocycles. The molecule has 0 fully saturated rings. The van der Waals surface area contributed by atoms with Gasteiger partial charge in [-0.3, -0.25) is 9.59 Å². The van der Waals surface area contributed by atoms with Gasteiger partial charge < -0.3 is 10.2 Å². The molecule has 0 unspecified atom stereocenters. The average Bonchev–Trinajstić information content (AvgIpc) is 2.62. The molecule has 7 nitrogen and oxygen atoms in total. The summed E-state index contributed by atoms with van der Waals surface area (Å²) in [6.07, 6.45) is 0. The molecule has 0 bridgehead atoms. The van der Waals surface area contributed by atoms with Crippen LogP contribution in [0.3, 0.4) is 0 Å². The van der Waals surface area contributed by atoms with Gasteiger partial charge in [-0.25, -0.2) is 14.5 Å². The highest BCUT2D eigenvalue weighted by atomic mass is 16.4. The number of benzene rings is 1. The SMILES string of the molecule is CC1=C(C)C(=O)N(c2ccc(C(=O)O)c(C(=O)O)c2)C1=O. The fraction of sp³-hybridized carbons (Fsp3) is 0.143. The molecule has 1 aromatic rings. The van der Waals surface area contributed by atoms with E-state index in [0.717, 1.165) is 17.0 Å². The van der Waals surface area contributed by atoms with Crippen molar-refractivity contribution in [2.24, 2.45) is 0 Å². The highest BCUT2D eigenvalue weighted by Gasteiger charge is 2.35. The summed E-state index contributed by atoms with van der Waals surface area (Å²) in [6, 6.07) is 3.30. The van der Waals surface area contributed by atoms with Crippen LogP contribution < -0.4 is 4.90 Å². The van der Waals surface area contributed by atoms with Crippen molar-refractivity contribution in [3.8, 4) is 0 Å². The summed E-state index contributed by atoms with van der Waals surface area (Å²) in [6.45, 7) is 3.00. The first-order valence-corrected chi connectivity index (χ1v) is 5.92. The van der Waals surface area contributed by atoms with Gasteiger partial charge in [-0.2, -0.15) is 0 Å². The lowest BCUT2D eigenvalue weighted by Crippen LogP contribution is -2.31. The van der Waals surface area contributed by atoms with Gasteiger partial charge in [-0.15, -0.1) is 0 Å². The number of carboxylic acids is 2. The first-order chi connectivity index (χ1) is 9.75. The third-order valence-corrected chi connectivity index (χ3v) is 3.33. The van der Waals surface area contributed by atoms with Gasteiger partial charge in [0.15, 0.2) is 0 Å². The maximum Gasteiger partial charge on any atom is 0.336 e. The Balaban J connectivity index is 2.56. The van der Waals surface area contributed by atoms with E-state index in [4.69, 9.17) is 10.2 Å². The van der Waals surface area contributed by atoms with Crippen molar-refractivity contribution in [1.29, 1.82) is 0 Å². The fourth-order valence-corrected chi connectivity index (χ4v) is 2.02. The second-order valence-corrected chi connectivity index (χ2v) is 4.54. The maximum atomic E-state index is 12.0. The van der Waals surface area contributed by atoms with Crippen molar-refractivity contribution < 1.29 is 29.4 Å². The number of hydrogen-bond acceptors (Lipinski definition) is 4. The van der Waals surface area contributed by atoms with Gasteiger partial charge in [0, 0.05) is 11.1 Å². The number of nitrogens with zero attached hydrogens (tertiary/aromatic N) is 1. The Morgan fingerprint density at radius 3 is 1.81 bits per heavy atom. The molecule has 2 N–H and O–H groups in total. The molecule has 7 heteroatoms. The van der Waals surface area contributed by atoms with Crippen LogP contribution in [-0.4, -0.2) is 34.0 Å². The van der Waals surface area contributed by atoms with Crippen LogP contribution in [0.2, 0.25) is 0 Å². The monoisotopic (exact) mass is 289 g/mol. The van der Waals surface area contributed by atoms with E-state index in [1.54, 1.807) is 0 Å². The minimum atomic E-state index is -1.45. The lowest BCUT2D eigenvalue weighted by atomic mass is 10.1. The highest BCUT2D eigenvalue weighted by molar-refractivity contribution is 6.32. The minimum absolute atomic E-state index is 0.0311. The molecule has 2 rings (SSSR count). The number of carbonyl (C=O) groups excluding carboxylic acids is 2. The van der Waals surface area contributed by atoms with Crippen molar-refractivity contribution in [2.45, 2.75) is 13.8 Å². The zero-order valence-corrected chi connectivity index (χ0v) is 11.2. The Hall–Kier alpha value is -2.96. The summed E-state index contributed by atoms with van der Waals surface area (Å²) in [5.41, 5.74) is -0.309. The molecule has 1 aliphatic heterocycles. The quantitative estimate of drug-likeness (QED) is 0.811. The van der Waals surface area contributed by atoms with Gasteiger partial charge in [-0.1, -0.05) is 0 Å². The van der Waals surface area contributed by atoms with Crippen molar-refractivity contribution in [3.05, 3.63) is 40.5 Å². The lowest BCUT2D eigenvalue weighted by molar-refractivity contribution is -0.120. The van der Waals surface area contributed by atoms with Gasteiger partial charge in [0.05, 0.1) is 16.8 Å². The van der Waals surface area contributed by atoms with Gasteiger partial charge in [-0.05, 0) is 32.0 Å². The molecule has 21 heavy (non-hydrogen) atoms.